The van der Waals surface area contributed by atoms with Crippen LogP contribution in [-0.2, 0) is 4.79 Å². The molecule has 0 saturated heterocycles. The molecule has 0 aliphatic heterocycles. The number of hydrogen-bond acceptors (Lipinski definition) is 2. The zero-order valence-corrected chi connectivity index (χ0v) is 10.6. The second-order valence-corrected chi connectivity index (χ2v) is 4.77. The van der Waals surface area contributed by atoms with Crippen LogP contribution in [0.5, 0.6) is 0 Å². The fourth-order valence-corrected chi connectivity index (χ4v) is 2.30. The van der Waals surface area contributed by atoms with Crippen LogP contribution in [0.1, 0.15) is 39.0 Å². The Labute approximate surface area is 106 Å². The molecule has 106 valence electrons. The topological polar surface area (TPSA) is 41.1 Å². The first-order valence-corrected chi connectivity index (χ1v) is 6.50. The van der Waals surface area contributed by atoms with Crippen LogP contribution in [-0.4, -0.2) is 31.2 Å². The first-order valence-electron chi connectivity index (χ1n) is 6.50. The second-order valence-electron chi connectivity index (χ2n) is 4.77. The summed E-state index contributed by atoms with van der Waals surface area (Å²) in [6.45, 7) is 3.29. The van der Waals surface area contributed by atoms with Gasteiger partial charge in [0.05, 0.1) is 5.92 Å². The Morgan fingerprint density at radius 1 is 1.33 bits per heavy atom. The van der Waals surface area contributed by atoms with E-state index in [9.17, 15) is 18.0 Å². The largest absolute Gasteiger partial charge is 0.391 e. The van der Waals surface area contributed by atoms with Crippen LogP contribution >= 0.6 is 0 Å². The van der Waals surface area contributed by atoms with Crippen molar-refractivity contribution in [3.63, 3.8) is 0 Å². The highest BCUT2D eigenvalue weighted by molar-refractivity contribution is 5.76. The third-order valence-corrected chi connectivity index (χ3v) is 3.28. The average Bonchev–Trinajstić information content (AvgIpc) is 2.28. The molecule has 2 atom stereocenters. The number of carbonyl (C=O) groups is 1. The van der Waals surface area contributed by atoms with Gasteiger partial charge in [0.25, 0.3) is 0 Å². The van der Waals surface area contributed by atoms with E-state index in [0.717, 1.165) is 6.54 Å². The van der Waals surface area contributed by atoms with Crippen molar-refractivity contribution < 1.29 is 18.0 Å². The third-order valence-electron chi connectivity index (χ3n) is 3.28. The number of carbonyl (C=O) groups excluding carboxylic acids is 1. The van der Waals surface area contributed by atoms with Gasteiger partial charge in [-0.05, 0) is 25.8 Å². The molecule has 18 heavy (non-hydrogen) atoms. The molecular formula is C12H21F3N2O. The molecule has 1 rings (SSSR count). The zero-order valence-electron chi connectivity index (χ0n) is 10.6. The lowest BCUT2D eigenvalue weighted by molar-refractivity contribution is -0.184. The van der Waals surface area contributed by atoms with Gasteiger partial charge >= 0.3 is 6.18 Å². The van der Waals surface area contributed by atoms with E-state index in [4.69, 9.17) is 0 Å². The molecule has 0 heterocycles. The number of hydrogen-bond donors (Lipinski definition) is 2. The van der Waals surface area contributed by atoms with Crippen molar-refractivity contribution in [1.29, 1.82) is 0 Å². The maximum absolute atomic E-state index is 12.6. The Balaban J connectivity index is 2.31. The van der Waals surface area contributed by atoms with Crippen molar-refractivity contribution in [2.45, 2.75) is 51.2 Å². The Hall–Kier alpha value is -0.780. The molecule has 0 bridgehead atoms. The van der Waals surface area contributed by atoms with Gasteiger partial charge in [0.1, 0.15) is 0 Å². The summed E-state index contributed by atoms with van der Waals surface area (Å²) in [5.74, 6) is -1.42. The molecule has 1 aliphatic rings. The normalized spacial score (nSPS) is 24.9. The van der Waals surface area contributed by atoms with E-state index in [0.29, 0.717) is 25.8 Å². The molecule has 0 radical (unpaired) electrons. The summed E-state index contributed by atoms with van der Waals surface area (Å²) in [5, 5.41) is 5.71. The summed E-state index contributed by atoms with van der Waals surface area (Å²) in [6, 6.07) is -0.320. The standard InChI is InChI=1S/C12H21F3N2O/c1-2-16-7-6-11(18)17-10-5-3-4-9(8-10)12(13,14)15/h9-10,16H,2-8H2,1H3,(H,17,18). The van der Waals surface area contributed by atoms with E-state index in [2.05, 4.69) is 10.6 Å². The summed E-state index contributed by atoms with van der Waals surface area (Å²) in [7, 11) is 0. The first kappa shape index (κ1) is 15.3. The first-order chi connectivity index (χ1) is 8.43. The SMILES string of the molecule is CCNCCC(=O)NC1CCCC(C(F)(F)F)C1. The van der Waals surface area contributed by atoms with Crippen molar-refractivity contribution in [3.8, 4) is 0 Å². The van der Waals surface area contributed by atoms with Crippen LogP contribution in [0.2, 0.25) is 0 Å². The quantitative estimate of drug-likeness (QED) is 0.749. The molecular weight excluding hydrogens is 245 g/mol. The molecule has 0 aromatic heterocycles. The van der Waals surface area contributed by atoms with Gasteiger partial charge in [0.15, 0.2) is 0 Å². The molecule has 1 saturated carbocycles. The maximum Gasteiger partial charge on any atom is 0.391 e. The van der Waals surface area contributed by atoms with Crippen molar-refractivity contribution in [2.75, 3.05) is 13.1 Å². The minimum atomic E-state index is -4.13. The van der Waals surface area contributed by atoms with E-state index in [1.54, 1.807) is 0 Å². The van der Waals surface area contributed by atoms with E-state index in [1.807, 2.05) is 6.92 Å². The van der Waals surface area contributed by atoms with Crippen LogP contribution in [0, 0.1) is 5.92 Å². The number of nitrogens with one attached hydrogen (secondary N) is 2. The lowest BCUT2D eigenvalue weighted by Gasteiger charge is -2.31. The molecule has 0 aromatic carbocycles. The van der Waals surface area contributed by atoms with Gasteiger partial charge in [-0.1, -0.05) is 13.3 Å². The van der Waals surface area contributed by atoms with Gasteiger partial charge in [-0.15, -0.1) is 0 Å². The Morgan fingerprint density at radius 2 is 2.06 bits per heavy atom. The van der Waals surface area contributed by atoms with Crippen LogP contribution in [0.3, 0.4) is 0 Å². The van der Waals surface area contributed by atoms with E-state index in [-0.39, 0.29) is 24.8 Å². The van der Waals surface area contributed by atoms with Crippen molar-refractivity contribution in [3.05, 3.63) is 0 Å². The van der Waals surface area contributed by atoms with Crippen molar-refractivity contribution in [2.24, 2.45) is 5.92 Å². The van der Waals surface area contributed by atoms with Crippen LogP contribution in [0.15, 0.2) is 0 Å². The fraction of sp³-hybridized carbons (Fsp3) is 0.917. The summed E-state index contributed by atoms with van der Waals surface area (Å²) in [6.07, 6.45) is -2.42. The minimum Gasteiger partial charge on any atom is -0.353 e. The molecule has 1 aliphatic carbocycles. The number of alkyl halides is 3. The summed E-state index contributed by atoms with van der Waals surface area (Å²) >= 11 is 0. The predicted octanol–water partition coefficient (Wildman–Crippen LogP) is 2.22. The highest BCUT2D eigenvalue weighted by Crippen LogP contribution is 2.37. The number of amides is 1. The molecule has 3 nitrogen and oxygen atoms in total. The second kappa shape index (κ2) is 6.97. The maximum atomic E-state index is 12.6. The molecule has 2 unspecified atom stereocenters. The smallest absolute Gasteiger partial charge is 0.353 e. The molecule has 1 fully saturated rings. The van der Waals surface area contributed by atoms with Gasteiger partial charge in [-0.3, -0.25) is 4.79 Å². The number of rotatable bonds is 5. The van der Waals surface area contributed by atoms with E-state index in [1.165, 1.54) is 0 Å². The van der Waals surface area contributed by atoms with Gasteiger partial charge < -0.3 is 10.6 Å². The van der Waals surface area contributed by atoms with Crippen molar-refractivity contribution in [1.82, 2.24) is 10.6 Å². The highest BCUT2D eigenvalue weighted by Gasteiger charge is 2.42. The lowest BCUT2D eigenvalue weighted by Crippen LogP contribution is -2.42. The summed E-state index contributed by atoms with van der Waals surface area (Å²) < 4.78 is 37.7. The number of halogens is 3. The van der Waals surface area contributed by atoms with Crippen molar-refractivity contribution >= 4 is 5.91 Å². The summed E-state index contributed by atoms with van der Waals surface area (Å²) in [5.41, 5.74) is 0. The van der Waals surface area contributed by atoms with Gasteiger partial charge in [0, 0.05) is 19.0 Å². The minimum absolute atomic E-state index is 0.0243. The third kappa shape index (κ3) is 5.25. The molecule has 6 heteroatoms. The van der Waals surface area contributed by atoms with Gasteiger partial charge in [-0.2, -0.15) is 13.2 Å². The predicted molar refractivity (Wildman–Crippen MR) is 63.1 cm³/mol. The molecule has 1 amide bonds. The fourth-order valence-electron chi connectivity index (χ4n) is 2.30. The van der Waals surface area contributed by atoms with E-state index < -0.39 is 12.1 Å². The Kier molecular flexibility index (Phi) is 5.91. The average molecular weight is 266 g/mol. The van der Waals surface area contributed by atoms with Crippen LogP contribution in [0.4, 0.5) is 13.2 Å². The zero-order chi connectivity index (χ0) is 13.6. The molecule has 2 N–H and O–H groups in total. The monoisotopic (exact) mass is 266 g/mol. The lowest BCUT2D eigenvalue weighted by atomic mass is 9.85. The van der Waals surface area contributed by atoms with E-state index >= 15 is 0 Å². The van der Waals surface area contributed by atoms with Gasteiger partial charge in [0.2, 0.25) is 5.91 Å². The van der Waals surface area contributed by atoms with Gasteiger partial charge in [-0.25, -0.2) is 0 Å². The summed E-state index contributed by atoms with van der Waals surface area (Å²) in [4.78, 5) is 11.5. The highest BCUT2D eigenvalue weighted by atomic mass is 19.4. The molecule has 0 aromatic rings. The Bertz CT molecular complexity index is 269. The van der Waals surface area contributed by atoms with Crippen LogP contribution in [0.25, 0.3) is 0 Å². The Morgan fingerprint density at radius 3 is 2.67 bits per heavy atom. The van der Waals surface area contributed by atoms with Crippen LogP contribution < -0.4 is 10.6 Å². The molecule has 0 spiro atoms.